The number of aryl methyl sites for hydroxylation is 1. The molecule has 10 heteroatoms. The number of anilines is 1. The van der Waals surface area contributed by atoms with Crippen LogP contribution in [0.3, 0.4) is 0 Å². The molecule has 25 heavy (non-hydrogen) atoms. The molecule has 2 heterocycles. The first-order valence-corrected chi connectivity index (χ1v) is 7.74. The van der Waals surface area contributed by atoms with E-state index in [4.69, 9.17) is 11.6 Å². The van der Waals surface area contributed by atoms with Crippen LogP contribution >= 0.6 is 11.6 Å². The number of H-pyrrole nitrogens is 1. The van der Waals surface area contributed by atoms with Crippen LogP contribution in [0.15, 0.2) is 39.0 Å². The Labute approximate surface area is 146 Å². The van der Waals surface area contributed by atoms with E-state index >= 15 is 0 Å². The number of halogens is 1. The summed E-state index contributed by atoms with van der Waals surface area (Å²) >= 11 is 6.05. The smallest absolute Gasteiger partial charge is 0.329 e. The van der Waals surface area contributed by atoms with Gasteiger partial charge in [0.15, 0.2) is 11.2 Å². The van der Waals surface area contributed by atoms with Crippen LogP contribution in [0, 0.1) is 0 Å². The van der Waals surface area contributed by atoms with Crippen molar-refractivity contribution >= 4 is 34.9 Å². The zero-order chi connectivity index (χ0) is 18.0. The van der Waals surface area contributed by atoms with E-state index in [1.54, 1.807) is 18.2 Å². The van der Waals surface area contributed by atoms with Crippen molar-refractivity contribution in [1.82, 2.24) is 19.1 Å². The highest BCUT2D eigenvalue weighted by Gasteiger charge is 2.16. The molecule has 3 aromatic rings. The summed E-state index contributed by atoms with van der Waals surface area (Å²) in [4.78, 5) is 30.3. The third-order valence-corrected chi connectivity index (χ3v) is 3.95. The molecule has 0 atom stereocenters. The van der Waals surface area contributed by atoms with Gasteiger partial charge in [-0.3, -0.25) is 14.3 Å². The molecule has 0 amide bonds. The van der Waals surface area contributed by atoms with Gasteiger partial charge in [-0.2, -0.15) is 10.1 Å². The minimum absolute atomic E-state index is 0.113. The molecule has 0 fully saturated rings. The number of nitrogens with zero attached hydrogens (tertiary/aromatic N) is 4. The minimum atomic E-state index is -0.581. The van der Waals surface area contributed by atoms with Crippen molar-refractivity contribution in [2.75, 3.05) is 12.0 Å². The summed E-state index contributed by atoms with van der Waals surface area (Å²) in [6.07, 6.45) is 1.51. The van der Waals surface area contributed by atoms with E-state index in [2.05, 4.69) is 20.5 Å². The second-order valence-corrected chi connectivity index (χ2v) is 5.60. The molecule has 0 unspecified atom stereocenters. The van der Waals surface area contributed by atoms with Crippen LogP contribution in [-0.4, -0.2) is 37.0 Å². The lowest BCUT2D eigenvalue weighted by Gasteiger charge is -2.05. The maximum Gasteiger partial charge on any atom is 0.329 e. The molecule has 0 aliphatic rings. The van der Waals surface area contributed by atoms with Crippen LogP contribution < -0.4 is 16.7 Å². The zero-order valence-corrected chi connectivity index (χ0v) is 14.0. The average molecular weight is 363 g/mol. The van der Waals surface area contributed by atoms with E-state index < -0.39 is 11.2 Å². The molecule has 3 rings (SSSR count). The van der Waals surface area contributed by atoms with Gasteiger partial charge in [0, 0.05) is 24.2 Å². The number of benzene rings is 1. The highest BCUT2D eigenvalue weighted by atomic mass is 35.5. The van der Waals surface area contributed by atoms with Gasteiger partial charge in [-0.25, -0.2) is 10.2 Å². The number of aromatic nitrogens is 4. The summed E-state index contributed by atoms with van der Waals surface area (Å²) in [5.41, 5.74) is 2.63. The Bertz CT molecular complexity index is 1070. The van der Waals surface area contributed by atoms with Crippen LogP contribution in [0.5, 0.6) is 0 Å². The predicted octanol–water partition coefficient (Wildman–Crippen LogP) is 0.515. The summed E-state index contributed by atoms with van der Waals surface area (Å²) in [5.74, 6) is 0.221. The number of hydrogen-bond donors (Lipinski definition) is 3. The summed E-state index contributed by atoms with van der Waals surface area (Å²) < 4.78 is 2.67. The van der Waals surface area contributed by atoms with Crippen molar-refractivity contribution in [2.45, 2.75) is 6.54 Å². The molecule has 0 saturated carbocycles. The van der Waals surface area contributed by atoms with Crippen LogP contribution in [0.1, 0.15) is 5.56 Å². The maximum absolute atomic E-state index is 12.1. The number of rotatable bonds is 5. The first-order valence-electron chi connectivity index (χ1n) is 7.37. The molecule has 130 valence electrons. The van der Waals surface area contributed by atoms with Gasteiger partial charge in [0.2, 0.25) is 5.95 Å². The van der Waals surface area contributed by atoms with Gasteiger partial charge in [-0.05, 0) is 6.07 Å². The Kier molecular flexibility index (Phi) is 4.68. The van der Waals surface area contributed by atoms with Gasteiger partial charge in [0.05, 0.1) is 12.8 Å². The minimum Gasteiger partial charge on any atom is -0.395 e. The number of aromatic amines is 1. The molecule has 3 N–H and O–H groups in total. The van der Waals surface area contributed by atoms with Gasteiger partial charge in [0.25, 0.3) is 5.56 Å². The first-order chi connectivity index (χ1) is 12.0. The van der Waals surface area contributed by atoms with E-state index in [0.29, 0.717) is 10.6 Å². The third kappa shape index (κ3) is 3.19. The van der Waals surface area contributed by atoms with Crippen molar-refractivity contribution in [3.63, 3.8) is 0 Å². The van der Waals surface area contributed by atoms with Gasteiger partial charge >= 0.3 is 5.69 Å². The van der Waals surface area contributed by atoms with Gasteiger partial charge in [0.1, 0.15) is 0 Å². The summed E-state index contributed by atoms with van der Waals surface area (Å²) in [5, 5.41) is 13.9. The number of aliphatic hydroxyl groups excluding tert-OH is 1. The fourth-order valence-corrected chi connectivity index (χ4v) is 2.56. The zero-order valence-electron chi connectivity index (χ0n) is 13.2. The maximum atomic E-state index is 12.1. The van der Waals surface area contributed by atoms with E-state index in [-0.39, 0.29) is 30.3 Å². The van der Waals surface area contributed by atoms with E-state index in [0.717, 1.165) is 0 Å². The van der Waals surface area contributed by atoms with Crippen molar-refractivity contribution in [2.24, 2.45) is 12.1 Å². The molecule has 0 bridgehead atoms. The van der Waals surface area contributed by atoms with Gasteiger partial charge in [-0.15, -0.1) is 0 Å². The van der Waals surface area contributed by atoms with Crippen molar-refractivity contribution in [3.8, 4) is 0 Å². The largest absolute Gasteiger partial charge is 0.395 e. The average Bonchev–Trinajstić information content (AvgIpc) is 2.94. The third-order valence-electron chi connectivity index (χ3n) is 3.60. The monoisotopic (exact) mass is 362 g/mol. The highest BCUT2D eigenvalue weighted by molar-refractivity contribution is 6.33. The van der Waals surface area contributed by atoms with Crippen LogP contribution in [0.2, 0.25) is 5.02 Å². The van der Waals surface area contributed by atoms with Gasteiger partial charge < -0.3 is 9.67 Å². The summed E-state index contributed by atoms with van der Waals surface area (Å²) in [7, 11) is 1.49. The predicted molar refractivity (Wildman–Crippen MR) is 95.3 cm³/mol. The molecular weight excluding hydrogens is 348 g/mol. The topological polar surface area (TPSA) is 117 Å². The molecule has 9 nitrogen and oxygen atoms in total. The number of imidazole rings is 1. The molecule has 0 radical (unpaired) electrons. The lowest BCUT2D eigenvalue weighted by molar-refractivity contribution is 0.278. The quantitative estimate of drug-likeness (QED) is 0.451. The second kappa shape index (κ2) is 6.91. The number of aliphatic hydroxyl groups is 1. The lowest BCUT2D eigenvalue weighted by Crippen LogP contribution is -2.29. The Morgan fingerprint density at radius 2 is 2.16 bits per heavy atom. The Balaban J connectivity index is 2.04. The molecule has 2 aromatic heterocycles. The van der Waals surface area contributed by atoms with Gasteiger partial charge in [-0.1, -0.05) is 29.8 Å². The van der Waals surface area contributed by atoms with Crippen LogP contribution in [0.4, 0.5) is 5.95 Å². The Morgan fingerprint density at radius 3 is 2.88 bits per heavy atom. The second-order valence-electron chi connectivity index (χ2n) is 5.19. The normalized spacial score (nSPS) is 11.5. The standard InChI is InChI=1S/C15H15ClN6O3/c1-21-12-11(13(24)19-15(21)25)22(6-7-23)14(18-12)20-17-8-9-4-2-3-5-10(9)16/h2-5,8,23H,6-7H2,1H3,(H,18,20)(H,19,24,25). The highest BCUT2D eigenvalue weighted by Crippen LogP contribution is 2.16. The fraction of sp³-hybridized carbons (Fsp3) is 0.200. The number of hydrogen-bond acceptors (Lipinski definition) is 6. The summed E-state index contributed by atoms with van der Waals surface area (Å²) in [6.45, 7) is -0.0988. The SMILES string of the molecule is Cn1c(=O)[nH]c(=O)c2c1nc(NN=Cc1ccccc1Cl)n2CCO. The molecule has 1 aromatic carbocycles. The van der Waals surface area contributed by atoms with Crippen LogP contribution in [-0.2, 0) is 13.6 Å². The summed E-state index contributed by atoms with van der Waals surface area (Å²) in [6, 6.07) is 7.15. The molecule has 0 spiro atoms. The molecule has 0 aliphatic heterocycles. The van der Waals surface area contributed by atoms with Crippen LogP contribution in [0.25, 0.3) is 11.2 Å². The van der Waals surface area contributed by atoms with Crippen molar-refractivity contribution in [3.05, 3.63) is 55.7 Å². The Hall–Kier alpha value is -2.91. The number of fused-ring (bicyclic) bond motifs is 1. The first kappa shape index (κ1) is 16.9. The lowest BCUT2D eigenvalue weighted by atomic mass is 10.2. The number of hydrazone groups is 1. The van der Waals surface area contributed by atoms with Crippen molar-refractivity contribution < 1.29 is 5.11 Å². The molecule has 0 aliphatic carbocycles. The fourth-order valence-electron chi connectivity index (χ4n) is 2.38. The number of nitrogens with one attached hydrogen (secondary N) is 2. The van der Waals surface area contributed by atoms with E-state index in [1.165, 1.54) is 22.4 Å². The Morgan fingerprint density at radius 1 is 1.40 bits per heavy atom. The molecular formula is C15H15ClN6O3. The molecule has 0 saturated heterocycles. The van der Waals surface area contributed by atoms with E-state index in [9.17, 15) is 14.7 Å². The van der Waals surface area contributed by atoms with Crippen molar-refractivity contribution in [1.29, 1.82) is 0 Å². The van der Waals surface area contributed by atoms with E-state index in [1.807, 2.05) is 6.07 Å².